The number of carbonyl (C=O) groups is 1. The zero-order chi connectivity index (χ0) is 18.5. The van der Waals surface area contributed by atoms with Gasteiger partial charge in [-0.1, -0.05) is 0 Å². The molecular weight excluding hydrogens is 328 g/mol. The van der Waals surface area contributed by atoms with Crippen LogP contribution in [-0.2, 0) is 4.74 Å². The molecule has 1 heterocycles. The minimum atomic E-state index is -0.331. The third-order valence-corrected chi connectivity index (χ3v) is 3.89. The van der Waals surface area contributed by atoms with Crippen LogP contribution in [0.4, 0.5) is 11.4 Å². The summed E-state index contributed by atoms with van der Waals surface area (Å²) in [6.07, 6.45) is 0. The Morgan fingerprint density at radius 3 is 2.50 bits per heavy atom. The molecule has 0 amide bonds. The number of ether oxygens (including phenoxy) is 2. The van der Waals surface area contributed by atoms with E-state index in [-0.39, 0.29) is 5.97 Å². The number of rotatable bonds is 6. The monoisotopic (exact) mass is 350 g/mol. The van der Waals surface area contributed by atoms with Gasteiger partial charge in [0.25, 0.3) is 0 Å². The Labute approximate surface area is 153 Å². The number of pyridine rings is 1. The SMILES string of the molecule is CCOC(=O)c1ccc2nc(C)cc(Nc3ccc(OCC)cc3)c2c1. The first-order valence-corrected chi connectivity index (χ1v) is 8.69. The van der Waals surface area contributed by atoms with Crippen LogP contribution in [0.3, 0.4) is 0 Å². The van der Waals surface area contributed by atoms with Gasteiger partial charge >= 0.3 is 5.97 Å². The fourth-order valence-corrected chi connectivity index (χ4v) is 2.76. The summed E-state index contributed by atoms with van der Waals surface area (Å²) in [5, 5.41) is 4.28. The number of anilines is 2. The number of nitrogens with zero attached hydrogens (tertiary/aromatic N) is 1. The summed E-state index contributed by atoms with van der Waals surface area (Å²) in [7, 11) is 0. The van der Waals surface area contributed by atoms with E-state index in [9.17, 15) is 4.79 Å². The predicted molar refractivity (Wildman–Crippen MR) is 103 cm³/mol. The van der Waals surface area contributed by atoms with Crippen molar-refractivity contribution < 1.29 is 14.3 Å². The molecule has 5 nitrogen and oxygen atoms in total. The van der Waals surface area contributed by atoms with E-state index in [2.05, 4.69) is 10.3 Å². The van der Waals surface area contributed by atoms with E-state index in [0.29, 0.717) is 18.8 Å². The van der Waals surface area contributed by atoms with Gasteiger partial charge in [0.1, 0.15) is 5.75 Å². The lowest BCUT2D eigenvalue weighted by molar-refractivity contribution is 0.0526. The second-order valence-electron chi connectivity index (χ2n) is 5.85. The van der Waals surface area contributed by atoms with Crippen molar-refractivity contribution in [1.82, 2.24) is 4.98 Å². The van der Waals surface area contributed by atoms with E-state index < -0.39 is 0 Å². The molecule has 26 heavy (non-hydrogen) atoms. The van der Waals surface area contributed by atoms with Crippen molar-refractivity contribution in [2.45, 2.75) is 20.8 Å². The number of fused-ring (bicyclic) bond motifs is 1. The fraction of sp³-hybridized carbons (Fsp3) is 0.238. The van der Waals surface area contributed by atoms with E-state index in [1.807, 2.05) is 56.3 Å². The quantitative estimate of drug-likeness (QED) is 0.643. The van der Waals surface area contributed by atoms with Gasteiger partial charge in [0, 0.05) is 22.5 Å². The molecule has 0 radical (unpaired) electrons. The molecule has 5 heteroatoms. The highest BCUT2D eigenvalue weighted by Crippen LogP contribution is 2.28. The van der Waals surface area contributed by atoms with Crippen LogP contribution in [-0.4, -0.2) is 24.2 Å². The third kappa shape index (κ3) is 3.94. The first kappa shape index (κ1) is 17.7. The number of benzene rings is 2. The van der Waals surface area contributed by atoms with Gasteiger partial charge < -0.3 is 14.8 Å². The Kier molecular flexibility index (Phi) is 5.37. The summed E-state index contributed by atoms with van der Waals surface area (Å²) in [6, 6.07) is 15.1. The van der Waals surface area contributed by atoms with Gasteiger partial charge in [-0.3, -0.25) is 4.98 Å². The molecule has 0 aliphatic rings. The van der Waals surface area contributed by atoms with Crippen LogP contribution >= 0.6 is 0 Å². The Morgan fingerprint density at radius 2 is 1.81 bits per heavy atom. The largest absolute Gasteiger partial charge is 0.494 e. The zero-order valence-corrected chi connectivity index (χ0v) is 15.2. The van der Waals surface area contributed by atoms with Crippen LogP contribution in [0.25, 0.3) is 10.9 Å². The molecule has 0 bridgehead atoms. The van der Waals surface area contributed by atoms with E-state index >= 15 is 0 Å². The highest BCUT2D eigenvalue weighted by molar-refractivity contribution is 5.99. The van der Waals surface area contributed by atoms with Gasteiger partial charge in [-0.2, -0.15) is 0 Å². The number of aryl methyl sites for hydroxylation is 1. The summed E-state index contributed by atoms with van der Waals surface area (Å²) >= 11 is 0. The third-order valence-electron chi connectivity index (χ3n) is 3.89. The average Bonchev–Trinajstić information content (AvgIpc) is 2.63. The van der Waals surface area contributed by atoms with Gasteiger partial charge in [0.05, 0.1) is 24.3 Å². The summed E-state index contributed by atoms with van der Waals surface area (Å²) in [5.41, 5.74) is 4.06. The minimum absolute atomic E-state index is 0.331. The lowest BCUT2D eigenvalue weighted by Gasteiger charge is -2.12. The lowest BCUT2D eigenvalue weighted by Crippen LogP contribution is -2.05. The first-order chi connectivity index (χ1) is 12.6. The molecule has 0 fully saturated rings. The van der Waals surface area contributed by atoms with E-state index in [0.717, 1.165) is 33.7 Å². The van der Waals surface area contributed by atoms with Gasteiger partial charge in [-0.25, -0.2) is 4.79 Å². The zero-order valence-electron chi connectivity index (χ0n) is 15.2. The average molecular weight is 350 g/mol. The molecule has 0 spiro atoms. The molecule has 3 aromatic rings. The fourth-order valence-electron chi connectivity index (χ4n) is 2.76. The molecule has 2 aromatic carbocycles. The Balaban J connectivity index is 1.97. The summed E-state index contributed by atoms with van der Waals surface area (Å²) < 4.78 is 10.6. The van der Waals surface area contributed by atoms with Crippen molar-refractivity contribution in [1.29, 1.82) is 0 Å². The summed E-state index contributed by atoms with van der Waals surface area (Å²) in [5.74, 6) is 0.500. The van der Waals surface area contributed by atoms with Crippen molar-refractivity contribution in [3.8, 4) is 5.75 Å². The smallest absolute Gasteiger partial charge is 0.338 e. The maximum atomic E-state index is 12.0. The molecule has 1 N–H and O–H groups in total. The molecule has 0 aliphatic carbocycles. The number of carbonyl (C=O) groups excluding carboxylic acids is 1. The van der Waals surface area contributed by atoms with Crippen molar-refractivity contribution >= 4 is 28.2 Å². The second kappa shape index (κ2) is 7.87. The van der Waals surface area contributed by atoms with E-state index in [4.69, 9.17) is 9.47 Å². The number of hydrogen-bond acceptors (Lipinski definition) is 5. The van der Waals surface area contributed by atoms with Crippen molar-refractivity contribution in [3.05, 3.63) is 59.8 Å². The highest BCUT2D eigenvalue weighted by Gasteiger charge is 2.11. The molecule has 3 rings (SSSR count). The molecule has 134 valence electrons. The maximum absolute atomic E-state index is 12.0. The Bertz CT molecular complexity index is 920. The van der Waals surface area contributed by atoms with E-state index in [1.165, 1.54) is 0 Å². The van der Waals surface area contributed by atoms with Gasteiger partial charge in [-0.05, 0) is 69.3 Å². The van der Waals surface area contributed by atoms with Crippen LogP contribution in [0.5, 0.6) is 5.75 Å². The first-order valence-electron chi connectivity index (χ1n) is 8.69. The molecule has 0 atom stereocenters. The van der Waals surface area contributed by atoms with Crippen LogP contribution in [0.2, 0.25) is 0 Å². The lowest BCUT2D eigenvalue weighted by atomic mass is 10.1. The van der Waals surface area contributed by atoms with Crippen LogP contribution in [0.1, 0.15) is 29.9 Å². The van der Waals surface area contributed by atoms with Gasteiger partial charge in [0.2, 0.25) is 0 Å². The van der Waals surface area contributed by atoms with Gasteiger partial charge in [-0.15, -0.1) is 0 Å². The topological polar surface area (TPSA) is 60.5 Å². The van der Waals surface area contributed by atoms with Crippen molar-refractivity contribution in [3.63, 3.8) is 0 Å². The van der Waals surface area contributed by atoms with Gasteiger partial charge in [0.15, 0.2) is 0 Å². The summed E-state index contributed by atoms with van der Waals surface area (Å²) in [4.78, 5) is 16.6. The normalized spacial score (nSPS) is 10.6. The number of nitrogens with one attached hydrogen (secondary N) is 1. The summed E-state index contributed by atoms with van der Waals surface area (Å²) in [6.45, 7) is 6.68. The molecule has 1 aromatic heterocycles. The molecule has 0 saturated heterocycles. The van der Waals surface area contributed by atoms with Crippen LogP contribution in [0, 0.1) is 6.92 Å². The van der Waals surface area contributed by atoms with Crippen LogP contribution in [0.15, 0.2) is 48.5 Å². The number of esters is 1. The standard InChI is InChI=1S/C21H22N2O3/c1-4-25-17-9-7-16(8-10-17)23-20-12-14(3)22-19-11-6-15(13-18(19)20)21(24)26-5-2/h6-13H,4-5H2,1-3H3,(H,22,23). The second-order valence-corrected chi connectivity index (χ2v) is 5.85. The number of aromatic nitrogens is 1. The molecular formula is C21H22N2O3. The predicted octanol–water partition coefficient (Wildman–Crippen LogP) is 4.86. The maximum Gasteiger partial charge on any atom is 0.338 e. The highest BCUT2D eigenvalue weighted by atomic mass is 16.5. The molecule has 0 aliphatic heterocycles. The minimum Gasteiger partial charge on any atom is -0.494 e. The van der Waals surface area contributed by atoms with Crippen LogP contribution < -0.4 is 10.1 Å². The molecule has 0 unspecified atom stereocenters. The Morgan fingerprint density at radius 1 is 1.04 bits per heavy atom. The Hall–Kier alpha value is -3.08. The van der Waals surface area contributed by atoms with Crippen molar-refractivity contribution in [2.24, 2.45) is 0 Å². The number of hydrogen-bond donors (Lipinski definition) is 1. The van der Waals surface area contributed by atoms with Crippen molar-refractivity contribution in [2.75, 3.05) is 18.5 Å². The molecule has 0 saturated carbocycles. The van der Waals surface area contributed by atoms with E-state index in [1.54, 1.807) is 13.0 Å².